The Morgan fingerprint density at radius 1 is 1.07 bits per heavy atom. The van der Waals surface area contributed by atoms with E-state index in [0.29, 0.717) is 23.3 Å². The summed E-state index contributed by atoms with van der Waals surface area (Å²) in [6.45, 7) is 5.83. The molecule has 0 heterocycles. The number of aryl methyl sites for hydroxylation is 1. The number of nitrogens with zero attached hydrogens (tertiary/aromatic N) is 2. The van der Waals surface area contributed by atoms with Gasteiger partial charge in [0.15, 0.2) is 0 Å². The molecule has 45 heavy (non-hydrogen) atoms. The molecule has 4 N–H and O–H groups in total. The van der Waals surface area contributed by atoms with Gasteiger partial charge >= 0.3 is 0 Å². The number of aliphatic hydroxyl groups excluding tert-OH is 1. The summed E-state index contributed by atoms with van der Waals surface area (Å²) >= 11 is 0. The quantitative estimate of drug-likeness (QED) is 0.108. The molecule has 226 valence electrons. The van der Waals surface area contributed by atoms with Crippen LogP contribution >= 0.6 is 0 Å². The minimum Gasteiger partial charge on any atom is -0.395 e. The van der Waals surface area contributed by atoms with E-state index in [-0.39, 0.29) is 54.3 Å². The molecule has 9 nitrogen and oxygen atoms in total. The normalized spacial score (nSPS) is 13.7. The topological polar surface area (TPSA) is 122 Å². The first-order valence-corrected chi connectivity index (χ1v) is 14.3. The van der Waals surface area contributed by atoms with E-state index >= 15 is 4.39 Å². The monoisotopic (exact) mass is 604 g/mol. The van der Waals surface area contributed by atoms with Gasteiger partial charge < -0.3 is 35.4 Å². The molecule has 1 unspecified atom stereocenters. The van der Waals surface area contributed by atoms with Gasteiger partial charge in [0.1, 0.15) is 12.1 Å². The van der Waals surface area contributed by atoms with Crippen LogP contribution in [0, 0.1) is 18.7 Å². The predicted molar refractivity (Wildman–Crippen MR) is 176 cm³/mol. The van der Waals surface area contributed by atoms with Gasteiger partial charge in [-0.2, -0.15) is 0 Å². The molecule has 0 fully saturated rings. The summed E-state index contributed by atoms with van der Waals surface area (Å²) in [5.74, 6) is -1.77. The maximum absolute atomic E-state index is 15.7. The highest BCUT2D eigenvalue weighted by Crippen LogP contribution is 2.38. The first-order valence-electron chi connectivity index (χ1n) is 14.3. The van der Waals surface area contributed by atoms with Gasteiger partial charge in [-0.3, -0.25) is 9.59 Å². The van der Waals surface area contributed by atoms with Crippen LogP contribution in [-0.2, 0) is 30.4 Å². The number of hydrogen-bond donors (Lipinski definition) is 4. The van der Waals surface area contributed by atoms with Gasteiger partial charge in [0.25, 0.3) is 5.91 Å². The number of aliphatic hydroxyl groups is 2. The summed E-state index contributed by atoms with van der Waals surface area (Å²) in [5.41, 5.74) is -2.28. The largest absolute Gasteiger partial charge is 0.395 e. The van der Waals surface area contributed by atoms with Crippen LogP contribution in [0.15, 0.2) is 36.4 Å². The minimum absolute atomic E-state index is 0.0286. The summed E-state index contributed by atoms with van der Waals surface area (Å²) in [6.07, 6.45) is -0.295. The fourth-order valence-corrected chi connectivity index (χ4v) is 5.27. The fourth-order valence-electron chi connectivity index (χ4n) is 5.27. The Labute approximate surface area is 272 Å². The lowest BCUT2D eigenvalue weighted by Crippen LogP contribution is -2.65. The number of carbonyl (C=O) groups is 3. The van der Waals surface area contributed by atoms with E-state index < -0.39 is 39.9 Å². The zero-order chi connectivity index (χ0) is 34.4. The Morgan fingerprint density at radius 3 is 2.22 bits per heavy atom. The Kier molecular flexibility index (Phi) is 12.8. The first-order chi connectivity index (χ1) is 20.8. The van der Waals surface area contributed by atoms with Gasteiger partial charge in [-0.25, -0.2) is 4.39 Å². The highest BCUT2D eigenvalue weighted by Gasteiger charge is 2.48. The van der Waals surface area contributed by atoms with E-state index in [9.17, 15) is 24.6 Å². The summed E-state index contributed by atoms with van der Waals surface area (Å²) in [7, 11) is 39.8. The number of halogens is 1. The van der Waals surface area contributed by atoms with Crippen LogP contribution in [0.4, 0.5) is 10.1 Å². The Balaban J connectivity index is 2.60. The van der Waals surface area contributed by atoms with Crippen molar-refractivity contribution in [2.24, 2.45) is 5.92 Å². The molecule has 2 aromatic rings. The molecule has 12 radical (unpaired) electrons. The number of carbonyl (C=O) groups excluding carboxylic acids is 3. The molecule has 2 amide bonds. The predicted octanol–water partition coefficient (Wildman–Crippen LogP) is -0.589. The smallest absolute Gasteiger partial charge is 0.273 e. The lowest BCUT2D eigenvalue weighted by Gasteiger charge is -2.48. The Hall–Kier alpha value is -2.95. The van der Waals surface area contributed by atoms with Crippen molar-refractivity contribution >= 4 is 71.4 Å². The highest BCUT2D eigenvalue weighted by atomic mass is 19.1. The number of likely N-dealkylation sites (N-methyl/N-ethyl adjacent to an activating group) is 1. The van der Waals surface area contributed by atoms with Crippen LogP contribution in [0.5, 0.6) is 0 Å². The zero-order valence-corrected chi connectivity index (χ0v) is 26.1. The molecule has 0 saturated carbocycles. The molecule has 0 saturated heterocycles. The molecule has 0 aliphatic rings. The number of aldehydes is 1. The molecule has 0 aliphatic heterocycles. The van der Waals surface area contributed by atoms with Gasteiger partial charge in [0.2, 0.25) is 12.1 Å². The number of rotatable bonds is 17. The molecule has 0 spiro atoms. The number of anilines is 1. The maximum atomic E-state index is 15.7. The number of amides is 2. The van der Waals surface area contributed by atoms with Crippen LogP contribution in [0.25, 0.3) is 0 Å². The fraction of sp³-hybridized carbons (Fsp3) is 0.483. The van der Waals surface area contributed by atoms with Crippen molar-refractivity contribution in [3.63, 3.8) is 0 Å². The first kappa shape index (κ1) is 38.2. The van der Waals surface area contributed by atoms with Gasteiger partial charge in [-0.15, -0.1) is 0 Å². The van der Waals surface area contributed by atoms with Crippen molar-refractivity contribution in [1.82, 2.24) is 15.1 Å². The molecule has 2 rings (SSSR count). The molecule has 1 atom stereocenters. The van der Waals surface area contributed by atoms with Crippen molar-refractivity contribution in [2.45, 2.75) is 55.4 Å². The number of hydrogen-bond acceptors (Lipinski definition) is 7. The van der Waals surface area contributed by atoms with E-state index in [0.717, 1.165) is 6.07 Å². The molecule has 0 aromatic heterocycles. The third kappa shape index (κ3) is 8.26. The number of nitrogens with one attached hydrogen (secondary N) is 2. The van der Waals surface area contributed by atoms with Crippen molar-refractivity contribution in [2.75, 3.05) is 32.1 Å². The molecule has 16 heteroatoms. The summed E-state index contributed by atoms with van der Waals surface area (Å²) in [6, 6.07) is 8.47. The van der Waals surface area contributed by atoms with E-state index in [2.05, 4.69) is 10.6 Å². The summed E-state index contributed by atoms with van der Waals surface area (Å²) < 4.78 is 15.7. The second-order valence-electron chi connectivity index (χ2n) is 11.5. The van der Waals surface area contributed by atoms with Crippen molar-refractivity contribution in [3.8, 4) is 0 Å². The minimum atomic E-state index is -2.64. The second kappa shape index (κ2) is 15.1. The van der Waals surface area contributed by atoms with Crippen LogP contribution in [0.3, 0.4) is 0 Å². The van der Waals surface area contributed by atoms with E-state index in [1.807, 2.05) is 13.8 Å². The average molecular weight is 603 g/mol. The van der Waals surface area contributed by atoms with Crippen LogP contribution in [0.2, 0.25) is 0 Å². The van der Waals surface area contributed by atoms with Crippen molar-refractivity contribution in [3.05, 3.63) is 64.5 Å². The van der Waals surface area contributed by atoms with E-state index in [4.69, 9.17) is 47.1 Å². The third-order valence-corrected chi connectivity index (χ3v) is 7.47. The summed E-state index contributed by atoms with van der Waals surface area (Å²) in [4.78, 5) is 38.3. The number of benzene rings is 2. The molecule has 0 aliphatic carbocycles. The lowest BCUT2D eigenvalue weighted by atomic mass is 9.53. The van der Waals surface area contributed by atoms with Gasteiger partial charge in [-0.1, -0.05) is 38.1 Å². The van der Waals surface area contributed by atoms with Crippen LogP contribution < -0.4 is 10.6 Å². The van der Waals surface area contributed by atoms with Crippen LogP contribution in [0.1, 0.15) is 48.9 Å². The van der Waals surface area contributed by atoms with Crippen LogP contribution in [-0.4, -0.2) is 118 Å². The lowest BCUT2D eigenvalue weighted by molar-refractivity contribution is -0.174. The summed E-state index contributed by atoms with van der Waals surface area (Å²) in [5, 5.41) is 19.7. The third-order valence-electron chi connectivity index (χ3n) is 7.47. The van der Waals surface area contributed by atoms with Crippen molar-refractivity contribution in [1.29, 1.82) is 0 Å². The van der Waals surface area contributed by atoms with Gasteiger partial charge in [-0.05, 0) is 69.8 Å². The molecular weight excluding hydrogens is 568 g/mol. The second-order valence-corrected chi connectivity index (χ2v) is 11.5. The van der Waals surface area contributed by atoms with E-state index in [1.165, 1.54) is 25.2 Å². The molecule has 0 bridgehead atoms. The van der Waals surface area contributed by atoms with Gasteiger partial charge in [0.05, 0.1) is 53.7 Å². The van der Waals surface area contributed by atoms with E-state index in [1.54, 1.807) is 24.0 Å². The maximum Gasteiger partial charge on any atom is 0.273 e. The SMILES string of the molecule is [B]C([B])(Nc1cccc(C)c1C([B])([B])N(C=O)C(O)(CCC=O)C(=O)NC)c1ccc(C([B])([B])N(CCO)CC(C)C)cc1F. The van der Waals surface area contributed by atoms with Gasteiger partial charge in [0, 0.05) is 32.1 Å². The highest BCUT2D eigenvalue weighted by molar-refractivity contribution is 6.43. The zero-order valence-electron chi connectivity index (χ0n) is 26.1. The standard InChI is InChI=1S/C29H35B6FN4O5/c1-18(2)16-39(12-14-42)28(32,33)20-9-10-21(22(36)15-20)27(30,31)38-23-8-5-7-19(3)24(23)29(34,35)40(17-43)26(45,11-6-13-41)25(44)37-4/h5,7-10,13,15,17-18,38,42,45H,6,11-12,14,16H2,1-4H3,(H,37,44). The molecular formula is C29H35B6FN4O5. The average Bonchev–Trinajstić information content (AvgIpc) is 2.94. The van der Waals surface area contributed by atoms with Crippen molar-refractivity contribution < 1.29 is 29.0 Å². The Morgan fingerprint density at radius 2 is 1.71 bits per heavy atom. The Bertz CT molecular complexity index is 1370. The molecule has 2 aromatic carbocycles.